The van der Waals surface area contributed by atoms with Crippen LogP contribution in [0.5, 0.6) is 0 Å². The smallest absolute Gasteiger partial charge is 0.201 e. The number of rotatable bonds is 3. The summed E-state index contributed by atoms with van der Waals surface area (Å²) in [5.74, 6) is 0.466. The average Bonchev–Trinajstić information content (AvgIpc) is 2.56. The van der Waals surface area contributed by atoms with Gasteiger partial charge in [-0.1, -0.05) is 41.9 Å². The van der Waals surface area contributed by atoms with Crippen molar-refractivity contribution in [2.75, 3.05) is 5.73 Å². The fourth-order valence-corrected chi connectivity index (χ4v) is 1.84. The van der Waals surface area contributed by atoms with Crippen molar-refractivity contribution in [1.82, 2.24) is 9.55 Å². The molecule has 0 amide bonds. The van der Waals surface area contributed by atoms with Crippen LogP contribution < -0.4 is 5.73 Å². The summed E-state index contributed by atoms with van der Waals surface area (Å²) in [6.07, 6.45) is 1.74. The Hall–Kier alpha value is -1.48. The molecule has 1 aromatic heterocycles. The third kappa shape index (κ3) is 2.19. The molecule has 0 fully saturated rings. The summed E-state index contributed by atoms with van der Waals surface area (Å²) in [6.45, 7) is 0. The summed E-state index contributed by atoms with van der Waals surface area (Å²) in [6, 6.07) is 10.3. The van der Waals surface area contributed by atoms with Gasteiger partial charge in [0.05, 0.1) is 5.69 Å². The van der Waals surface area contributed by atoms with E-state index >= 15 is 0 Å². The Labute approximate surface area is 99.9 Å². The number of hydrogen-bond donors (Lipinski definition) is 1. The molecule has 16 heavy (non-hydrogen) atoms. The number of nitrogen functional groups attached to an aromatic ring is 1. The molecule has 0 aliphatic carbocycles. The van der Waals surface area contributed by atoms with Crippen LogP contribution in [0, 0.1) is 0 Å². The van der Waals surface area contributed by atoms with Crippen molar-refractivity contribution in [1.29, 1.82) is 0 Å². The van der Waals surface area contributed by atoms with E-state index in [0.29, 0.717) is 11.1 Å². The number of nitrogens with zero attached hydrogens (tertiary/aromatic N) is 2. The zero-order valence-electron chi connectivity index (χ0n) is 9.15. The minimum atomic E-state index is 0.466. The lowest BCUT2D eigenvalue weighted by atomic mass is 10.1. The molecule has 4 heteroatoms. The predicted molar refractivity (Wildman–Crippen MR) is 66.5 cm³/mol. The van der Waals surface area contributed by atoms with Crippen molar-refractivity contribution in [2.24, 2.45) is 7.05 Å². The van der Waals surface area contributed by atoms with Crippen molar-refractivity contribution in [3.8, 4) is 0 Å². The van der Waals surface area contributed by atoms with E-state index < -0.39 is 0 Å². The Morgan fingerprint density at radius 1 is 1.25 bits per heavy atom. The Morgan fingerprint density at radius 2 is 1.94 bits per heavy atom. The first-order chi connectivity index (χ1) is 7.68. The fraction of sp³-hybridized carbons (Fsp3) is 0.250. The van der Waals surface area contributed by atoms with Gasteiger partial charge in [0, 0.05) is 7.05 Å². The second-order valence-electron chi connectivity index (χ2n) is 3.75. The van der Waals surface area contributed by atoms with Crippen molar-refractivity contribution in [3.05, 3.63) is 46.7 Å². The van der Waals surface area contributed by atoms with Gasteiger partial charge >= 0.3 is 0 Å². The maximum Gasteiger partial charge on any atom is 0.201 e. The molecule has 2 N–H and O–H groups in total. The van der Waals surface area contributed by atoms with Gasteiger partial charge < -0.3 is 10.3 Å². The van der Waals surface area contributed by atoms with Gasteiger partial charge in [-0.2, -0.15) is 0 Å². The van der Waals surface area contributed by atoms with Gasteiger partial charge in [0.1, 0.15) is 5.15 Å². The lowest BCUT2D eigenvalue weighted by Gasteiger charge is -1.99. The number of halogens is 1. The summed E-state index contributed by atoms with van der Waals surface area (Å²) < 4.78 is 1.70. The van der Waals surface area contributed by atoms with Crippen LogP contribution in [0.4, 0.5) is 5.95 Å². The van der Waals surface area contributed by atoms with E-state index in [-0.39, 0.29) is 0 Å². The van der Waals surface area contributed by atoms with E-state index in [9.17, 15) is 0 Å². The molecule has 0 aliphatic heterocycles. The quantitative estimate of drug-likeness (QED) is 0.888. The topological polar surface area (TPSA) is 43.8 Å². The number of imidazole rings is 1. The molecule has 0 saturated carbocycles. The molecule has 0 atom stereocenters. The van der Waals surface area contributed by atoms with Crippen LogP contribution in [0.2, 0.25) is 5.15 Å². The molecule has 2 rings (SSSR count). The van der Waals surface area contributed by atoms with Crippen LogP contribution in [0.25, 0.3) is 0 Å². The van der Waals surface area contributed by atoms with Crippen LogP contribution in [-0.2, 0) is 19.9 Å². The zero-order chi connectivity index (χ0) is 11.5. The largest absolute Gasteiger partial charge is 0.369 e. The van der Waals surface area contributed by atoms with Gasteiger partial charge in [0.25, 0.3) is 0 Å². The van der Waals surface area contributed by atoms with E-state index in [1.54, 1.807) is 4.57 Å². The number of nitrogens with two attached hydrogens (primary N) is 1. The molecule has 0 aliphatic rings. The summed E-state index contributed by atoms with van der Waals surface area (Å²) in [7, 11) is 1.82. The van der Waals surface area contributed by atoms with Crippen LogP contribution in [0.1, 0.15) is 11.3 Å². The lowest BCUT2D eigenvalue weighted by molar-refractivity contribution is 0.910. The molecular formula is C12H14ClN3. The number of anilines is 1. The average molecular weight is 236 g/mol. The second-order valence-corrected chi connectivity index (χ2v) is 4.11. The molecule has 2 aromatic rings. The Balaban J connectivity index is 2.08. The van der Waals surface area contributed by atoms with Gasteiger partial charge in [-0.15, -0.1) is 0 Å². The highest BCUT2D eigenvalue weighted by molar-refractivity contribution is 6.30. The van der Waals surface area contributed by atoms with Crippen molar-refractivity contribution < 1.29 is 0 Å². The molecular weight excluding hydrogens is 222 g/mol. The summed E-state index contributed by atoms with van der Waals surface area (Å²) in [5, 5.41) is 0.633. The van der Waals surface area contributed by atoms with Crippen LogP contribution in [0.3, 0.4) is 0 Å². The van der Waals surface area contributed by atoms with Crippen molar-refractivity contribution in [2.45, 2.75) is 12.8 Å². The summed E-state index contributed by atoms with van der Waals surface area (Å²) >= 11 is 6.10. The number of benzene rings is 1. The van der Waals surface area contributed by atoms with Gasteiger partial charge in [0.2, 0.25) is 5.95 Å². The van der Waals surface area contributed by atoms with Gasteiger partial charge in [-0.05, 0) is 18.4 Å². The molecule has 0 radical (unpaired) electrons. The molecule has 3 nitrogen and oxygen atoms in total. The van der Waals surface area contributed by atoms with Crippen molar-refractivity contribution >= 4 is 17.5 Å². The monoisotopic (exact) mass is 235 g/mol. The first-order valence-electron chi connectivity index (χ1n) is 5.19. The number of aromatic nitrogens is 2. The Morgan fingerprint density at radius 3 is 2.50 bits per heavy atom. The van der Waals surface area contributed by atoms with E-state index in [0.717, 1.165) is 18.5 Å². The molecule has 84 valence electrons. The Kier molecular flexibility index (Phi) is 3.15. The minimum absolute atomic E-state index is 0.466. The van der Waals surface area contributed by atoms with E-state index in [1.807, 2.05) is 25.2 Å². The highest BCUT2D eigenvalue weighted by atomic mass is 35.5. The minimum Gasteiger partial charge on any atom is -0.369 e. The molecule has 0 unspecified atom stereocenters. The first kappa shape index (κ1) is 11.0. The Bertz CT molecular complexity index is 477. The van der Waals surface area contributed by atoms with Gasteiger partial charge in [-0.3, -0.25) is 0 Å². The van der Waals surface area contributed by atoms with Crippen LogP contribution in [-0.4, -0.2) is 9.55 Å². The summed E-state index contributed by atoms with van der Waals surface area (Å²) in [5.41, 5.74) is 7.82. The highest BCUT2D eigenvalue weighted by Crippen LogP contribution is 2.19. The molecule has 0 saturated heterocycles. The maximum absolute atomic E-state index is 6.10. The number of hydrogen-bond acceptors (Lipinski definition) is 2. The highest BCUT2D eigenvalue weighted by Gasteiger charge is 2.10. The molecule has 1 heterocycles. The normalized spacial score (nSPS) is 10.6. The third-order valence-corrected chi connectivity index (χ3v) is 3.09. The van der Waals surface area contributed by atoms with E-state index in [4.69, 9.17) is 17.3 Å². The number of aryl methyl sites for hydroxylation is 2. The standard InChI is InChI=1S/C12H14ClN3/c1-16-11(13)10(15-12(16)14)8-7-9-5-3-2-4-6-9/h2-6H,7-8H2,1H3,(H2,14,15). The second kappa shape index (κ2) is 4.58. The SMILES string of the molecule is Cn1c(N)nc(CCc2ccccc2)c1Cl. The zero-order valence-corrected chi connectivity index (χ0v) is 9.91. The van der Waals surface area contributed by atoms with Gasteiger partial charge in [0.15, 0.2) is 0 Å². The van der Waals surface area contributed by atoms with Crippen LogP contribution >= 0.6 is 11.6 Å². The van der Waals surface area contributed by atoms with Crippen molar-refractivity contribution in [3.63, 3.8) is 0 Å². The molecule has 0 bridgehead atoms. The van der Waals surface area contributed by atoms with Crippen LogP contribution in [0.15, 0.2) is 30.3 Å². The fourth-order valence-electron chi connectivity index (χ4n) is 1.62. The molecule has 1 aromatic carbocycles. The predicted octanol–water partition coefficient (Wildman–Crippen LogP) is 2.44. The van der Waals surface area contributed by atoms with E-state index in [2.05, 4.69) is 17.1 Å². The summed E-state index contributed by atoms with van der Waals surface area (Å²) in [4.78, 5) is 4.23. The van der Waals surface area contributed by atoms with E-state index in [1.165, 1.54) is 5.56 Å². The van der Waals surface area contributed by atoms with Gasteiger partial charge in [-0.25, -0.2) is 4.98 Å². The third-order valence-electron chi connectivity index (χ3n) is 2.62. The molecule has 0 spiro atoms. The lowest BCUT2D eigenvalue weighted by Crippen LogP contribution is -1.96. The maximum atomic E-state index is 6.10. The first-order valence-corrected chi connectivity index (χ1v) is 5.57.